The first-order valence-electron chi connectivity index (χ1n) is 9.25. The van der Waals surface area contributed by atoms with Crippen molar-refractivity contribution in [3.8, 4) is 33.2 Å². The van der Waals surface area contributed by atoms with Crippen molar-refractivity contribution in [1.82, 2.24) is 30.1 Å². The number of hydrogen-bond acceptors (Lipinski definition) is 5. The molecule has 0 spiro atoms. The van der Waals surface area contributed by atoms with Crippen LogP contribution in [0.1, 0.15) is 0 Å². The molecule has 2 N–H and O–H groups in total. The van der Waals surface area contributed by atoms with Crippen LogP contribution in [0.15, 0.2) is 66.4 Å². The summed E-state index contributed by atoms with van der Waals surface area (Å²) in [6.45, 7) is 0. The largest absolute Gasteiger partial charge is 0.336 e. The summed E-state index contributed by atoms with van der Waals surface area (Å²) in [5.74, 6) is 0.269. The number of benzene rings is 1. The fraction of sp³-hybridized carbons (Fsp3) is 0. The van der Waals surface area contributed by atoms with Gasteiger partial charge in [0, 0.05) is 41.2 Å². The summed E-state index contributed by atoms with van der Waals surface area (Å²) < 4.78 is 14.7. The van der Waals surface area contributed by atoms with Crippen LogP contribution in [-0.2, 0) is 0 Å². The monoisotopic (exact) mass is 412 g/mol. The molecule has 5 aromatic heterocycles. The summed E-state index contributed by atoms with van der Waals surface area (Å²) in [6, 6.07) is 12.8. The highest BCUT2D eigenvalue weighted by molar-refractivity contribution is 7.13. The quantitative estimate of drug-likeness (QED) is 0.406. The molecule has 0 amide bonds. The van der Waals surface area contributed by atoms with Crippen molar-refractivity contribution in [1.29, 1.82) is 0 Å². The average Bonchev–Trinajstić information content (AvgIpc) is 3.52. The van der Waals surface area contributed by atoms with Gasteiger partial charge < -0.3 is 4.98 Å². The lowest BCUT2D eigenvalue weighted by Gasteiger charge is -2.03. The van der Waals surface area contributed by atoms with Gasteiger partial charge in [-0.05, 0) is 29.6 Å². The van der Waals surface area contributed by atoms with Crippen LogP contribution in [0, 0.1) is 5.82 Å². The molecule has 144 valence electrons. The normalized spacial score (nSPS) is 11.5. The number of H-pyrrole nitrogens is 2. The summed E-state index contributed by atoms with van der Waals surface area (Å²) in [5, 5.41) is 10.1. The highest BCUT2D eigenvalue weighted by Crippen LogP contribution is 2.34. The summed E-state index contributed by atoms with van der Waals surface area (Å²) in [6.07, 6.45) is 5.07. The second kappa shape index (κ2) is 6.57. The van der Waals surface area contributed by atoms with Gasteiger partial charge in [0.1, 0.15) is 22.7 Å². The Balaban J connectivity index is 1.55. The molecule has 6 rings (SSSR count). The lowest BCUT2D eigenvalue weighted by molar-refractivity contribution is 0.632. The van der Waals surface area contributed by atoms with E-state index in [1.165, 1.54) is 6.07 Å². The van der Waals surface area contributed by atoms with Gasteiger partial charge in [-0.2, -0.15) is 5.10 Å². The number of fused-ring (bicyclic) bond motifs is 2. The highest BCUT2D eigenvalue weighted by Gasteiger charge is 2.18. The predicted molar refractivity (Wildman–Crippen MR) is 115 cm³/mol. The van der Waals surface area contributed by atoms with Crippen LogP contribution in [0.3, 0.4) is 0 Å². The van der Waals surface area contributed by atoms with Crippen LogP contribution in [0.2, 0.25) is 0 Å². The maximum absolute atomic E-state index is 14.7. The SMILES string of the molecule is Fc1cc2[nH]nc(-c3nc4c(-c5cccs5)nccc4[nH]3)c2cc1-c1cccnc1. The van der Waals surface area contributed by atoms with Gasteiger partial charge >= 0.3 is 0 Å². The third kappa shape index (κ3) is 2.61. The summed E-state index contributed by atoms with van der Waals surface area (Å²) in [4.78, 5) is 17.8. The van der Waals surface area contributed by atoms with E-state index in [9.17, 15) is 4.39 Å². The van der Waals surface area contributed by atoms with Crippen molar-refractivity contribution in [2.45, 2.75) is 0 Å². The smallest absolute Gasteiger partial charge is 0.159 e. The number of halogens is 1. The van der Waals surface area contributed by atoms with Gasteiger partial charge in [-0.1, -0.05) is 12.1 Å². The van der Waals surface area contributed by atoms with E-state index in [0.29, 0.717) is 28.2 Å². The zero-order valence-corrected chi connectivity index (χ0v) is 16.2. The van der Waals surface area contributed by atoms with Gasteiger partial charge in [0.2, 0.25) is 0 Å². The number of aromatic amines is 2. The van der Waals surface area contributed by atoms with E-state index in [1.54, 1.807) is 42.1 Å². The number of nitrogens with zero attached hydrogens (tertiary/aromatic N) is 4. The summed E-state index contributed by atoms with van der Waals surface area (Å²) in [7, 11) is 0. The standard InChI is InChI=1S/C22H13FN6S/c23-15-10-17-14(9-13(15)12-3-1-6-24-11-12)19(29-28-17)22-26-16-5-7-25-21(20(16)27-22)18-4-2-8-30-18/h1-11H,(H,26,27)(H,28,29). The zero-order valence-electron chi connectivity index (χ0n) is 15.4. The predicted octanol–water partition coefficient (Wildman–Crippen LogP) is 5.43. The molecule has 6 nitrogen and oxygen atoms in total. The minimum Gasteiger partial charge on any atom is -0.336 e. The van der Waals surface area contributed by atoms with Gasteiger partial charge in [0.05, 0.1) is 15.9 Å². The third-order valence-electron chi connectivity index (χ3n) is 5.00. The number of hydrogen-bond donors (Lipinski definition) is 2. The Kier molecular flexibility index (Phi) is 3.72. The molecular weight excluding hydrogens is 399 g/mol. The Morgan fingerprint density at radius 2 is 1.93 bits per heavy atom. The van der Waals surface area contributed by atoms with E-state index in [2.05, 4.69) is 25.1 Å². The highest BCUT2D eigenvalue weighted by atomic mass is 32.1. The molecule has 0 saturated heterocycles. The van der Waals surface area contributed by atoms with Crippen LogP contribution in [0.4, 0.5) is 4.39 Å². The third-order valence-corrected chi connectivity index (χ3v) is 5.88. The maximum atomic E-state index is 14.7. The Hall–Kier alpha value is -3.91. The van der Waals surface area contributed by atoms with E-state index in [-0.39, 0.29) is 5.82 Å². The van der Waals surface area contributed by atoms with Crippen molar-refractivity contribution in [2.24, 2.45) is 0 Å². The number of pyridine rings is 2. The van der Waals surface area contributed by atoms with Crippen molar-refractivity contribution < 1.29 is 4.39 Å². The minimum absolute atomic E-state index is 0.334. The number of nitrogens with one attached hydrogen (secondary N) is 2. The molecule has 0 unspecified atom stereocenters. The minimum atomic E-state index is -0.334. The number of rotatable bonds is 3. The molecule has 0 aliphatic heterocycles. The van der Waals surface area contributed by atoms with Gasteiger partial charge in [-0.3, -0.25) is 15.1 Å². The van der Waals surface area contributed by atoms with Crippen LogP contribution in [0.5, 0.6) is 0 Å². The first-order chi connectivity index (χ1) is 14.8. The summed E-state index contributed by atoms with van der Waals surface area (Å²) in [5.41, 5.74) is 4.88. The Morgan fingerprint density at radius 1 is 0.967 bits per heavy atom. The molecular formula is C22H13FN6S. The first kappa shape index (κ1) is 17.0. The number of thiophene rings is 1. The van der Waals surface area contributed by atoms with Gasteiger partial charge in [0.25, 0.3) is 0 Å². The van der Waals surface area contributed by atoms with Gasteiger partial charge in [0.15, 0.2) is 5.82 Å². The van der Waals surface area contributed by atoms with Crippen molar-refractivity contribution in [3.63, 3.8) is 0 Å². The molecule has 0 bridgehead atoms. The molecule has 0 atom stereocenters. The molecule has 1 aromatic carbocycles. The molecule has 0 aliphatic rings. The molecule has 5 heterocycles. The average molecular weight is 412 g/mol. The molecule has 6 aromatic rings. The first-order valence-corrected chi connectivity index (χ1v) is 10.1. The Bertz CT molecular complexity index is 1500. The fourth-order valence-corrected chi connectivity index (χ4v) is 4.32. The fourth-order valence-electron chi connectivity index (χ4n) is 3.60. The molecule has 0 radical (unpaired) electrons. The van der Waals surface area contributed by atoms with Crippen LogP contribution >= 0.6 is 11.3 Å². The second-order valence-electron chi connectivity index (χ2n) is 6.81. The van der Waals surface area contributed by atoms with E-state index < -0.39 is 0 Å². The number of imidazole rings is 1. The van der Waals surface area contributed by atoms with Crippen molar-refractivity contribution in [3.05, 3.63) is 72.3 Å². The van der Waals surface area contributed by atoms with E-state index in [0.717, 1.165) is 27.0 Å². The van der Waals surface area contributed by atoms with E-state index >= 15 is 0 Å². The lowest BCUT2D eigenvalue weighted by atomic mass is 10.0. The van der Waals surface area contributed by atoms with Crippen molar-refractivity contribution >= 4 is 33.3 Å². The van der Waals surface area contributed by atoms with Crippen LogP contribution in [0.25, 0.3) is 55.2 Å². The van der Waals surface area contributed by atoms with Gasteiger partial charge in [-0.15, -0.1) is 11.3 Å². The van der Waals surface area contributed by atoms with E-state index in [4.69, 9.17) is 4.98 Å². The van der Waals surface area contributed by atoms with Gasteiger partial charge in [-0.25, -0.2) is 9.37 Å². The second-order valence-corrected chi connectivity index (χ2v) is 7.76. The molecule has 0 aliphatic carbocycles. The topological polar surface area (TPSA) is 83.1 Å². The van der Waals surface area contributed by atoms with Crippen molar-refractivity contribution in [2.75, 3.05) is 0 Å². The molecule has 30 heavy (non-hydrogen) atoms. The molecule has 8 heteroatoms. The molecule has 0 saturated carbocycles. The van der Waals surface area contributed by atoms with E-state index in [1.807, 2.05) is 29.6 Å². The number of aromatic nitrogens is 6. The Morgan fingerprint density at radius 3 is 2.77 bits per heavy atom. The maximum Gasteiger partial charge on any atom is 0.159 e. The Labute approximate surface area is 173 Å². The summed E-state index contributed by atoms with van der Waals surface area (Å²) >= 11 is 1.62. The lowest BCUT2D eigenvalue weighted by Crippen LogP contribution is -1.87. The molecule has 0 fully saturated rings. The van der Waals surface area contributed by atoms with Crippen LogP contribution < -0.4 is 0 Å². The zero-order chi connectivity index (χ0) is 20.1. The van der Waals surface area contributed by atoms with Crippen LogP contribution in [-0.4, -0.2) is 30.1 Å².